The van der Waals surface area contributed by atoms with Crippen molar-refractivity contribution < 1.29 is 14.3 Å². The van der Waals surface area contributed by atoms with E-state index in [0.29, 0.717) is 30.1 Å². The number of carboxylic acids is 1. The van der Waals surface area contributed by atoms with Gasteiger partial charge in [-0.3, -0.25) is 9.69 Å². The highest BCUT2D eigenvalue weighted by atomic mass is 32.1. The van der Waals surface area contributed by atoms with Gasteiger partial charge in [0.1, 0.15) is 5.82 Å². The zero-order valence-electron chi connectivity index (χ0n) is 15.2. The van der Waals surface area contributed by atoms with Gasteiger partial charge in [0.15, 0.2) is 0 Å². The van der Waals surface area contributed by atoms with Gasteiger partial charge in [0.05, 0.1) is 6.54 Å². The fourth-order valence-electron chi connectivity index (χ4n) is 3.77. The molecule has 1 heterocycles. The molecule has 2 aliphatic carbocycles. The van der Waals surface area contributed by atoms with E-state index in [1.165, 1.54) is 12.8 Å². The SMILES string of the molecule is O=C(O)CN(CC1CC1)C1CC(NCc2ccc(F)c(-c3cccs3)c2)C1. The highest BCUT2D eigenvalue weighted by Crippen LogP contribution is 2.34. The predicted octanol–water partition coefficient (Wildman–Crippen LogP) is 3.97. The molecule has 0 radical (unpaired) electrons. The summed E-state index contributed by atoms with van der Waals surface area (Å²) in [6, 6.07) is 9.94. The van der Waals surface area contributed by atoms with Crippen LogP contribution in [0.2, 0.25) is 0 Å². The average molecular weight is 389 g/mol. The largest absolute Gasteiger partial charge is 0.480 e. The first-order valence-corrected chi connectivity index (χ1v) is 10.5. The minimum Gasteiger partial charge on any atom is -0.480 e. The first kappa shape index (κ1) is 18.6. The smallest absolute Gasteiger partial charge is 0.317 e. The molecule has 2 aliphatic rings. The Kier molecular flexibility index (Phi) is 5.57. The summed E-state index contributed by atoms with van der Waals surface area (Å²) in [5.74, 6) is -0.222. The molecule has 0 atom stereocenters. The number of nitrogens with zero attached hydrogens (tertiary/aromatic N) is 1. The standard InChI is InChI=1S/C21H25FN2O2S/c22-19-6-5-15(8-18(19)20-2-1-7-27-20)11-23-16-9-17(10-16)24(13-21(25)26)12-14-3-4-14/h1-2,5-8,14,16-17,23H,3-4,9-13H2,(H,25,26). The maximum atomic E-state index is 14.1. The molecule has 0 saturated heterocycles. The van der Waals surface area contributed by atoms with Crippen LogP contribution in [0.15, 0.2) is 35.7 Å². The number of hydrogen-bond donors (Lipinski definition) is 2. The lowest BCUT2D eigenvalue weighted by Gasteiger charge is -2.43. The van der Waals surface area contributed by atoms with Crippen LogP contribution in [0.25, 0.3) is 10.4 Å². The molecule has 0 bridgehead atoms. The van der Waals surface area contributed by atoms with Gasteiger partial charge in [-0.15, -0.1) is 11.3 Å². The van der Waals surface area contributed by atoms with Gasteiger partial charge in [-0.05, 0) is 60.7 Å². The number of halogens is 1. The van der Waals surface area contributed by atoms with Crippen molar-refractivity contribution in [3.05, 3.63) is 47.1 Å². The minimum atomic E-state index is -0.737. The highest BCUT2D eigenvalue weighted by molar-refractivity contribution is 7.13. The third-order valence-corrected chi connectivity index (χ3v) is 6.47. The monoisotopic (exact) mass is 388 g/mol. The maximum Gasteiger partial charge on any atom is 0.317 e. The molecular weight excluding hydrogens is 363 g/mol. The first-order chi connectivity index (χ1) is 13.1. The summed E-state index contributed by atoms with van der Waals surface area (Å²) in [7, 11) is 0. The van der Waals surface area contributed by atoms with E-state index >= 15 is 0 Å². The molecule has 1 aromatic carbocycles. The summed E-state index contributed by atoms with van der Waals surface area (Å²) >= 11 is 1.54. The van der Waals surface area contributed by atoms with Gasteiger partial charge in [-0.1, -0.05) is 12.1 Å². The van der Waals surface area contributed by atoms with Gasteiger partial charge in [-0.25, -0.2) is 4.39 Å². The Morgan fingerprint density at radius 1 is 1.30 bits per heavy atom. The van der Waals surface area contributed by atoms with Crippen LogP contribution in [-0.4, -0.2) is 41.1 Å². The van der Waals surface area contributed by atoms with Crippen LogP contribution in [0.3, 0.4) is 0 Å². The number of aliphatic carboxylic acids is 1. The van der Waals surface area contributed by atoms with Crippen molar-refractivity contribution in [2.45, 2.75) is 44.3 Å². The molecule has 144 valence electrons. The van der Waals surface area contributed by atoms with Crippen molar-refractivity contribution in [1.29, 1.82) is 0 Å². The van der Waals surface area contributed by atoms with Crippen LogP contribution in [-0.2, 0) is 11.3 Å². The number of nitrogens with one attached hydrogen (secondary N) is 1. The summed E-state index contributed by atoms with van der Waals surface area (Å²) in [4.78, 5) is 14.2. The lowest BCUT2D eigenvalue weighted by molar-refractivity contribution is -0.139. The fourth-order valence-corrected chi connectivity index (χ4v) is 4.51. The van der Waals surface area contributed by atoms with Crippen LogP contribution in [0.1, 0.15) is 31.2 Å². The zero-order chi connectivity index (χ0) is 18.8. The second-order valence-corrected chi connectivity index (χ2v) is 8.71. The number of carbonyl (C=O) groups is 1. The molecule has 4 nitrogen and oxygen atoms in total. The quantitative estimate of drug-likeness (QED) is 0.682. The van der Waals surface area contributed by atoms with Crippen LogP contribution in [0, 0.1) is 11.7 Å². The molecule has 0 unspecified atom stereocenters. The predicted molar refractivity (Wildman–Crippen MR) is 105 cm³/mol. The van der Waals surface area contributed by atoms with Gasteiger partial charge >= 0.3 is 5.97 Å². The van der Waals surface area contributed by atoms with E-state index in [1.54, 1.807) is 17.4 Å². The lowest BCUT2D eigenvalue weighted by atomic mass is 9.85. The van der Waals surface area contributed by atoms with Crippen LogP contribution in [0.4, 0.5) is 4.39 Å². The molecule has 1 aromatic heterocycles. The van der Waals surface area contributed by atoms with E-state index < -0.39 is 5.97 Å². The second kappa shape index (κ2) is 8.09. The van der Waals surface area contributed by atoms with Crippen molar-refractivity contribution in [3.63, 3.8) is 0 Å². The van der Waals surface area contributed by atoms with Crippen molar-refractivity contribution in [2.75, 3.05) is 13.1 Å². The first-order valence-electron chi connectivity index (χ1n) is 9.60. The van der Waals surface area contributed by atoms with Crippen molar-refractivity contribution >= 4 is 17.3 Å². The molecule has 27 heavy (non-hydrogen) atoms. The summed E-state index contributed by atoms with van der Waals surface area (Å²) in [6.07, 6.45) is 4.45. The molecule has 2 N–H and O–H groups in total. The molecule has 0 amide bonds. The molecular formula is C21H25FN2O2S. The van der Waals surface area contributed by atoms with Gasteiger partial charge in [0.25, 0.3) is 0 Å². The summed E-state index contributed by atoms with van der Waals surface area (Å²) < 4.78 is 14.1. The van der Waals surface area contributed by atoms with E-state index in [9.17, 15) is 9.18 Å². The van der Waals surface area contributed by atoms with Crippen molar-refractivity contribution in [2.24, 2.45) is 5.92 Å². The molecule has 6 heteroatoms. The summed E-state index contributed by atoms with van der Waals surface area (Å²) in [5, 5.41) is 14.6. The van der Waals surface area contributed by atoms with Gasteiger partial charge in [0, 0.05) is 35.6 Å². The van der Waals surface area contributed by atoms with Crippen LogP contribution >= 0.6 is 11.3 Å². The normalized spacial score (nSPS) is 22.0. The molecule has 2 saturated carbocycles. The number of rotatable bonds is 9. The Morgan fingerprint density at radius 3 is 2.78 bits per heavy atom. The highest BCUT2D eigenvalue weighted by Gasteiger charge is 2.36. The molecule has 2 fully saturated rings. The van der Waals surface area contributed by atoms with E-state index in [0.717, 1.165) is 29.8 Å². The Morgan fingerprint density at radius 2 is 2.11 bits per heavy atom. The molecule has 4 rings (SSSR count). The van der Waals surface area contributed by atoms with Gasteiger partial charge in [0.2, 0.25) is 0 Å². The van der Waals surface area contributed by atoms with Gasteiger partial charge in [-0.2, -0.15) is 0 Å². The van der Waals surface area contributed by atoms with E-state index in [2.05, 4.69) is 10.2 Å². The Bertz CT molecular complexity index is 785. The second-order valence-electron chi connectivity index (χ2n) is 7.76. The summed E-state index contributed by atoms with van der Waals surface area (Å²) in [6.45, 7) is 1.78. The molecule has 2 aromatic rings. The van der Waals surface area contributed by atoms with Crippen molar-refractivity contribution in [3.8, 4) is 10.4 Å². The van der Waals surface area contributed by atoms with E-state index in [-0.39, 0.29) is 12.4 Å². The van der Waals surface area contributed by atoms with Gasteiger partial charge < -0.3 is 10.4 Å². The van der Waals surface area contributed by atoms with Crippen LogP contribution in [0.5, 0.6) is 0 Å². The molecule has 0 aliphatic heterocycles. The number of thiophene rings is 1. The third-order valence-electron chi connectivity index (χ3n) is 5.57. The van der Waals surface area contributed by atoms with E-state index in [4.69, 9.17) is 5.11 Å². The Hall–Kier alpha value is -1.76. The number of benzene rings is 1. The number of carboxylic acid groups (broad SMARTS) is 1. The van der Waals surface area contributed by atoms with E-state index in [1.807, 2.05) is 29.6 Å². The average Bonchev–Trinajstić information content (AvgIpc) is 3.24. The fraction of sp³-hybridized carbons (Fsp3) is 0.476. The summed E-state index contributed by atoms with van der Waals surface area (Å²) in [5.41, 5.74) is 1.73. The zero-order valence-corrected chi connectivity index (χ0v) is 16.1. The maximum absolute atomic E-state index is 14.1. The van der Waals surface area contributed by atoms with Crippen LogP contribution < -0.4 is 5.32 Å². The lowest BCUT2D eigenvalue weighted by Crippen LogP contribution is -2.54. The topological polar surface area (TPSA) is 52.6 Å². The Labute approximate surface area is 163 Å². The number of hydrogen-bond acceptors (Lipinski definition) is 4. The van der Waals surface area contributed by atoms with Crippen molar-refractivity contribution in [1.82, 2.24) is 10.2 Å². The third kappa shape index (κ3) is 4.75. The molecule has 0 spiro atoms. The Balaban J connectivity index is 1.29. The minimum absolute atomic E-state index is 0.149.